The minimum atomic E-state index is -0.759. The molecule has 0 aliphatic rings. The van der Waals surface area contributed by atoms with E-state index in [0.29, 0.717) is 17.4 Å². The summed E-state index contributed by atoms with van der Waals surface area (Å²) < 4.78 is 11.1. The van der Waals surface area contributed by atoms with Crippen LogP contribution >= 0.6 is 0 Å². The van der Waals surface area contributed by atoms with Crippen LogP contribution in [0.2, 0.25) is 0 Å². The largest absolute Gasteiger partial charge is 0.484 e. The molecule has 0 saturated carbocycles. The maximum Gasteiger partial charge on any atom is 0.279 e. The maximum absolute atomic E-state index is 12.2. The number of carbonyl (C=O) groups excluding carboxylic acids is 2. The molecule has 0 fully saturated rings. The highest BCUT2D eigenvalue weighted by atomic mass is 16.5. The van der Waals surface area contributed by atoms with Crippen LogP contribution in [0.15, 0.2) is 54.6 Å². The lowest BCUT2D eigenvalue weighted by molar-refractivity contribution is -0.133. The predicted molar refractivity (Wildman–Crippen MR) is 103 cm³/mol. The summed E-state index contributed by atoms with van der Waals surface area (Å²) in [5.74, 6) is 0.679. The van der Waals surface area contributed by atoms with E-state index in [-0.39, 0.29) is 6.61 Å². The van der Waals surface area contributed by atoms with Gasteiger partial charge < -0.3 is 9.47 Å². The van der Waals surface area contributed by atoms with E-state index in [9.17, 15) is 9.59 Å². The molecule has 144 valence electrons. The normalized spacial score (nSPS) is 12.6. The summed E-state index contributed by atoms with van der Waals surface area (Å²) in [6, 6.07) is 16.6. The van der Waals surface area contributed by atoms with Crippen molar-refractivity contribution in [2.24, 2.45) is 0 Å². The molecule has 0 radical (unpaired) electrons. The Morgan fingerprint density at radius 1 is 0.963 bits per heavy atom. The van der Waals surface area contributed by atoms with Gasteiger partial charge in [-0.05, 0) is 43.0 Å². The lowest BCUT2D eigenvalue weighted by Crippen LogP contribution is -2.48. The molecule has 0 spiro atoms. The van der Waals surface area contributed by atoms with Crippen LogP contribution in [0.25, 0.3) is 0 Å². The molecular weight excluding hydrogens is 344 g/mol. The van der Waals surface area contributed by atoms with Crippen LogP contribution in [0.1, 0.15) is 38.7 Å². The highest BCUT2D eigenvalue weighted by Gasteiger charge is 2.18. The minimum Gasteiger partial charge on any atom is -0.484 e. The summed E-state index contributed by atoms with van der Waals surface area (Å²) in [6.45, 7) is 5.65. The third kappa shape index (κ3) is 6.33. The molecular formula is C21H26N2O4. The molecule has 6 nitrogen and oxygen atoms in total. The molecule has 2 unspecified atom stereocenters. The number of rotatable bonds is 8. The van der Waals surface area contributed by atoms with E-state index in [4.69, 9.17) is 9.47 Å². The Bertz CT molecular complexity index is 749. The average molecular weight is 370 g/mol. The zero-order chi connectivity index (χ0) is 19.6. The number of nitrogens with one attached hydrogen (secondary N) is 2. The molecule has 2 aromatic carbocycles. The molecule has 6 heteroatoms. The van der Waals surface area contributed by atoms with Crippen LogP contribution in [0.4, 0.5) is 0 Å². The fourth-order valence-electron chi connectivity index (χ4n) is 2.39. The number of carbonyl (C=O) groups is 2. The van der Waals surface area contributed by atoms with Crippen molar-refractivity contribution in [3.05, 3.63) is 60.2 Å². The van der Waals surface area contributed by atoms with Crippen LogP contribution in [-0.4, -0.2) is 24.5 Å². The summed E-state index contributed by atoms with van der Waals surface area (Å²) in [6.07, 6.45) is 0.212. The van der Waals surface area contributed by atoms with E-state index in [1.54, 1.807) is 19.1 Å². The fraction of sp³-hybridized carbons (Fsp3) is 0.333. The van der Waals surface area contributed by atoms with Crippen molar-refractivity contribution >= 4 is 11.8 Å². The SMILES string of the molecule is CCC(C)c1ccccc1OC(C)C(=O)NNC(=O)COc1ccccc1. The average Bonchev–Trinajstić information content (AvgIpc) is 2.71. The zero-order valence-electron chi connectivity index (χ0n) is 15.9. The molecule has 27 heavy (non-hydrogen) atoms. The van der Waals surface area contributed by atoms with Gasteiger partial charge in [0.05, 0.1) is 0 Å². The van der Waals surface area contributed by atoms with Crippen molar-refractivity contribution in [3.8, 4) is 11.5 Å². The van der Waals surface area contributed by atoms with Gasteiger partial charge in [0.1, 0.15) is 11.5 Å². The van der Waals surface area contributed by atoms with Gasteiger partial charge in [0.2, 0.25) is 0 Å². The van der Waals surface area contributed by atoms with E-state index >= 15 is 0 Å². The summed E-state index contributed by atoms with van der Waals surface area (Å²) in [5, 5.41) is 0. The molecule has 0 bridgehead atoms. The van der Waals surface area contributed by atoms with Crippen molar-refractivity contribution in [2.45, 2.75) is 39.2 Å². The summed E-state index contributed by atoms with van der Waals surface area (Å²) >= 11 is 0. The third-order valence-electron chi connectivity index (χ3n) is 4.17. The summed E-state index contributed by atoms with van der Waals surface area (Å²) in [5.41, 5.74) is 5.74. The first-order valence-corrected chi connectivity index (χ1v) is 9.03. The number of amides is 2. The quantitative estimate of drug-likeness (QED) is 0.700. The number of hydrazine groups is 1. The van der Waals surface area contributed by atoms with E-state index in [1.807, 2.05) is 42.5 Å². The molecule has 2 amide bonds. The topological polar surface area (TPSA) is 76.7 Å². The smallest absolute Gasteiger partial charge is 0.279 e. The molecule has 0 saturated heterocycles. The van der Waals surface area contributed by atoms with Crippen LogP contribution in [0.5, 0.6) is 11.5 Å². The van der Waals surface area contributed by atoms with Crippen LogP contribution < -0.4 is 20.3 Å². The molecule has 2 rings (SSSR count). The Morgan fingerprint density at radius 3 is 2.33 bits per heavy atom. The monoisotopic (exact) mass is 370 g/mol. The van der Waals surface area contributed by atoms with Gasteiger partial charge in [-0.15, -0.1) is 0 Å². The number of ether oxygens (including phenoxy) is 2. The molecule has 2 aromatic rings. The van der Waals surface area contributed by atoms with Crippen molar-refractivity contribution in [1.82, 2.24) is 10.9 Å². The Balaban J connectivity index is 1.81. The van der Waals surface area contributed by atoms with Crippen molar-refractivity contribution < 1.29 is 19.1 Å². The highest BCUT2D eigenvalue weighted by Crippen LogP contribution is 2.29. The maximum atomic E-state index is 12.2. The molecule has 2 N–H and O–H groups in total. The van der Waals surface area contributed by atoms with Gasteiger partial charge in [-0.3, -0.25) is 20.4 Å². The molecule has 0 aromatic heterocycles. The van der Waals surface area contributed by atoms with E-state index in [1.165, 1.54) is 0 Å². The van der Waals surface area contributed by atoms with E-state index < -0.39 is 17.9 Å². The first-order chi connectivity index (χ1) is 13.0. The van der Waals surface area contributed by atoms with Gasteiger partial charge in [0.15, 0.2) is 12.7 Å². The zero-order valence-corrected chi connectivity index (χ0v) is 15.9. The van der Waals surface area contributed by atoms with E-state index in [2.05, 4.69) is 24.7 Å². The standard InChI is InChI=1S/C21H26N2O4/c1-4-15(2)18-12-8-9-13-19(18)27-16(3)21(25)23-22-20(24)14-26-17-10-6-5-7-11-17/h5-13,15-16H,4,14H2,1-3H3,(H,22,24)(H,23,25). The fourth-order valence-corrected chi connectivity index (χ4v) is 2.39. The second-order valence-electron chi connectivity index (χ2n) is 6.25. The predicted octanol–water partition coefficient (Wildman–Crippen LogP) is 3.19. The minimum absolute atomic E-state index is 0.198. The lowest BCUT2D eigenvalue weighted by atomic mass is 9.98. The highest BCUT2D eigenvalue weighted by molar-refractivity contribution is 5.85. The third-order valence-corrected chi connectivity index (χ3v) is 4.17. The number of benzene rings is 2. The molecule has 2 atom stereocenters. The van der Waals surface area contributed by atoms with Crippen LogP contribution in [0, 0.1) is 0 Å². The summed E-state index contributed by atoms with van der Waals surface area (Å²) in [4.78, 5) is 24.0. The second kappa shape index (κ2) is 10.2. The molecule has 0 aliphatic heterocycles. The van der Waals surface area contributed by atoms with Crippen molar-refractivity contribution in [3.63, 3.8) is 0 Å². The van der Waals surface area contributed by atoms with Crippen molar-refractivity contribution in [1.29, 1.82) is 0 Å². The van der Waals surface area contributed by atoms with E-state index in [0.717, 1.165) is 12.0 Å². The Labute approximate surface area is 159 Å². The van der Waals surface area contributed by atoms with Crippen LogP contribution in [0.3, 0.4) is 0 Å². The first-order valence-electron chi connectivity index (χ1n) is 9.03. The van der Waals surface area contributed by atoms with Gasteiger partial charge in [-0.2, -0.15) is 0 Å². The number of hydrogen-bond donors (Lipinski definition) is 2. The van der Waals surface area contributed by atoms with Gasteiger partial charge in [0, 0.05) is 0 Å². The van der Waals surface area contributed by atoms with Gasteiger partial charge in [0.25, 0.3) is 11.8 Å². The lowest BCUT2D eigenvalue weighted by Gasteiger charge is -2.19. The Hall–Kier alpha value is -3.02. The van der Waals surface area contributed by atoms with Gasteiger partial charge in [-0.25, -0.2) is 0 Å². The number of hydrogen-bond acceptors (Lipinski definition) is 4. The number of para-hydroxylation sites is 2. The Kier molecular flexibility index (Phi) is 7.67. The molecule has 0 aliphatic carbocycles. The van der Waals surface area contributed by atoms with Crippen LogP contribution in [-0.2, 0) is 9.59 Å². The second-order valence-corrected chi connectivity index (χ2v) is 6.25. The summed E-state index contributed by atoms with van der Waals surface area (Å²) in [7, 11) is 0. The van der Waals surface area contributed by atoms with Gasteiger partial charge in [-0.1, -0.05) is 50.2 Å². The van der Waals surface area contributed by atoms with Gasteiger partial charge >= 0.3 is 0 Å². The first kappa shape index (κ1) is 20.3. The Morgan fingerprint density at radius 2 is 1.63 bits per heavy atom. The van der Waals surface area contributed by atoms with Crippen molar-refractivity contribution in [2.75, 3.05) is 6.61 Å². The molecule has 0 heterocycles.